The van der Waals surface area contributed by atoms with Crippen LogP contribution in [0, 0.1) is 0 Å². The molecule has 0 aromatic heterocycles. The van der Waals surface area contributed by atoms with Gasteiger partial charge < -0.3 is 5.01 Å². The Morgan fingerprint density at radius 1 is 2.00 bits per heavy atom. The molecule has 50 valence electrons. The third kappa shape index (κ3) is 1.29. The molecule has 0 bridgehead atoms. The predicted molar refractivity (Wildman–Crippen MR) is 34.5 cm³/mol. The van der Waals surface area contributed by atoms with Crippen LogP contribution in [0.3, 0.4) is 0 Å². The normalized spacial score (nSPS) is 17.9. The van der Waals surface area contributed by atoms with Gasteiger partial charge in [0.15, 0.2) is 0 Å². The molecule has 0 spiro atoms. The summed E-state index contributed by atoms with van der Waals surface area (Å²) >= 11 is 0. The molecule has 0 fully saturated rings. The van der Waals surface area contributed by atoms with E-state index >= 15 is 0 Å². The fourth-order valence-corrected chi connectivity index (χ4v) is 0.759. The largest absolute Gasteiger partial charge is 0.315 e. The molecule has 0 aliphatic carbocycles. The molecule has 1 aliphatic heterocycles. The van der Waals surface area contributed by atoms with Gasteiger partial charge >= 0.3 is 0 Å². The number of rotatable bonds is 2. The van der Waals surface area contributed by atoms with Gasteiger partial charge in [0.1, 0.15) is 6.29 Å². The average molecular weight is 126 g/mol. The lowest BCUT2D eigenvalue weighted by atomic mass is 10.3. The van der Waals surface area contributed by atoms with E-state index < -0.39 is 0 Å². The first-order valence-corrected chi connectivity index (χ1v) is 3.03. The van der Waals surface area contributed by atoms with Crippen LogP contribution in [0.5, 0.6) is 0 Å². The van der Waals surface area contributed by atoms with Crippen molar-refractivity contribution in [2.75, 3.05) is 13.1 Å². The Labute approximate surface area is 54.3 Å². The number of nitrogens with zero attached hydrogens (tertiary/aromatic N) is 1. The predicted octanol–water partition coefficient (Wildman–Crippen LogP) is -0.0907. The smallest absolute Gasteiger partial charge is 0.148 e. The van der Waals surface area contributed by atoms with Crippen LogP contribution < -0.4 is 5.43 Å². The maximum Gasteiger partial charge on any atom is 0.148 e. The molecule has 0 aromatic carbocycles. The summed E-state index contributed by atoms with van der Waals surface area (Å²) in [7, 11) is 0. The van der Waals surface area contributed by atoms with Crippen molar-refractivity contribution in [1.29, 1.82) is 0 Å². The first-order chi connectivity index (χ1) is 4.36. The van der Waals surface area contributed by atoms with Crippen LogP contribution in [-0.2, 0) is 4.79 Å². The Hall–Kier alpha value is -0.830. The number of aldehydes is 1. The van der Waals surface area contributed by atoms with Gasteiger partial charge in [-0.15, -0.1) is 0 Å². The van der Waals surface area contributed by atoms with Gasteiger partial charge in [0.2, 0.25) is 0 Å². The maximum atomic E-state index is 10.1. The molecule has 0 amide bonds. The molecule has 0 saturated heterocycles. The van der Waals surface area contributed by atoms with Gasteiger partial charge in [-0.05, 0) is 6.92 Å². The zero-order chi connectivity index (χ0) is 6.69. The fourth-order valence-electron chi connectivity index (χ4n) is 0.759. The standard InChI is InChI=1S/C6H10N2O/c1-2-8-4-6(5-9)3-7-8/h4-5,7H,2-3H2,1H3. The summed E-state index contributed by atoms with van der Waals surface area (Å²) in [6, 6.07) is 0. The number of hydrogen-bond donors (Lipinski definition) is 1. The first kappa shape index (κ1) is 6.29. The zero-order valence-corrected chi connectivity index (χ0v) is 5.42. The maximum absolute atomic E-state index is 10.1. The van der Waals surface area contributed by atoms with Crippen LogP contribution in [0.4, 0.5) is 0 Å². The van der Waals surface area contributed by atoms with Crippen LogP contribution in [-0.4, -0.2) is 24.4 Å². The quantitative estimate of drug-likeness (QED) is 0.525. The van der Waals surface area contributed by atoms with Gasteiger partial charge in [0, 0.05) is 24.9 Å². The van der Waals surface area contributed by atoms with E-state index in [2.05, 4.69) is 5.43 Å². The van der Waals surface area contributed by atoms with Gasteiger partial charge in [-0.3, -0.25) is 4.79 Å². The van der Waals surface area contributed by atoms with Crippen molar-refractivity contribution >= 4 is 6.29 Å². The van der Waals surface area contributed by atoms with Crippen LogP contribution in [0.25, 0.3) is 0 Å². The molecule has 0 radical (unpaired) electrons. The second kappa shape index (κ2) is 2.64. The summed E-state index contributed by atoms with van der Waals surface area (Å²) in [5, 5.41) is 1.89. The number of carbonyl (C=O) groups excluding carboxylic acids is 1. The highest BCUT2D eigenvalue weighted by atomic mass is 16.1. The molecule has 3 nitrogen and oxygen atoms in total. The molecular weight excluding hydrogens is 116 g/mol. The highest BCUT2D eigenvalue weighted by molar-refractivity contribution is 5.74. The van der Waals surface area contributed by atoms with Crippen LogP contribution in [0.15, 0.2) is 11.8 Å². The van der Waals surface area contributed by atoms with E-state index in [1.165, 1.54) is 0 Å². The topological polar surface area (TPSA) is 32.3 Å². The van der Waals surface area contributed by atoms with Crippen LogP contribution in [0.1, 0.15) is 6.92 Å². The van der Waals surface area contributed by atoms with Gasteiger partial charge in [0.05, 0.1) is 0 Å². The third-order valence-electron chi connectivity index (χ3n) is 1.30. The second-order valence-electron chi connectivity index (χ2n) is 1.94. The van der Waals surface area contributed by atoms with E-state index in [4.69, 9.17) is 0 Å². The van der Waals surface area contributed by atoms with Crippen molar-refractivity contribution in [1.82, 2.24) is 10.4 Å². The van der Waals surface area contributed by atoms with Crippen molar-refractivity contribution in [3.8, 4) is 0 Å². The minimum Gasteiger partial charge on any atom is -0.315 e. The Morgan fingerprint density at radius 3 is 3.11 bits per heavy atom. The van der Waals surface area contributed by atoms with E-state index in [0.29, 0.717) is 6.54 Å². The molecule has 1 N–H and O–H groups in total. The summed E-state index contributed by atoms with van der Waals surface area (Å²) in [6.07, 6.45) is 2.70. The Morgan fingerprint density at radius 2 is 2.78 bits per heavy atom. The van der Waals surface area contributed by atoms with Crippen molar-refractivity contribution in [2.24, 2.45) is 0 Å². The van der Waals surface area contributed by atoms with E-state index in [0.717, 1.165) is 18.4 Å². The monoisotopic (exact) mass is 126 g/mol. The minimum atomic E-state index is 0.678. The minimum absolute atomic E-state index is 0.678. The molecule has 0 saturated carbocycles. The Kier molecular flexibility index (Phi) is 1.85. The van der Waals surface area contributed by atoms with Crippen molar-refractivity contribution in [3.05, 3.63) is 11.8 Å². The summed E-state index contributed by atoms with van der Waals surface area (Å²) in [4.78, 5) is 10.1. The molecule has 1 aliphatic rings. The molecule has 1 heterocycles. The SMILES string of the molecule is CCN1C=C(C=O)CN1. The molecule has 0 unspecified atom stereocenters. The first-order valence-electron chi connectivity index (χ1n) is 3.03. The van der Waals surface area contributed by atoms with E-state index in [9.17, 15) is 4.79 Å². The fraction of sp³-hybridized carbons (Fsp3) is 0.500. The lowest BCUT2D eigenvalue weighted by Crippen LogP contribution is -2.28. The van der Waals surface area contributed by atoms with E-state index in [1.54, 1.807) is 0 Å². The van der Waals surface area contributed by atoms with Gasteiger partial charge in [-0.1, -0.05) is 0 Å². The lowest BCUT2D eigenvalue weighted by Gasteiger charge is -2.10. The summed E-state index contributed by atoms with van der Waals surface area (Å²) in [6.45, 7) is 3.60. The lowest BCUT2D eigenvalue weighted by molar-refractivity contribution is -0.104. The van der Waals surface area contributed by atoms with Gasteiger partial charge in [-0.2, -0.15) is 0 Å². The number of hydrogen-bond acceptors (Lipinski definition) is 3. The molecule has 0 atom stereocenters. The number of hydrazine groups is 1. The zero-order valence-electron chi connectivity index (χ0n) is 5.42. The third-order valence-corrected chi connectivity index (χ3v) is 1.30. The second-order valence-corrected chi connectivity index (χ2v) is 1.94. The van der Waals surface area contributed by atoms with E-state index in [-0.39, 0.29) is 0 Å². The Bertz CT molecular complexity index is 142. The number of nitrogens with one attached hydrogen (secondary N) is 1. The molecule has 9 heavy (non-hydrogen) atoms. The van der Waals surface area contributed by atoms with E-state index in [1.807, 2.05) is 18.1 Å². The van der Waals surface area contributed by atoms with Crippen LogP contribution >= 0.6 is 0 Å². The van der Waals surface area contributed by atoms with Crippen molar-refractivity contribution in [2.45, 2.75) is 6.92 Å². The molecular formula is C6H10N2O. The summed E-state index contributed by atoms with van der Waals surface area (Å²) < 4.78 is 0. The summed E-state index contributed by atoms with van der Waals surface area (Å²) in [5.41, 5.74) is 3.83. The molecule has 1 rings (SSSR count). The number of carbonyl (C=O) groups is 1. The van der Waals surface area contributed by atoms with Crippen molar-refractivity contribution in [3.63, 3.8) is 0 Å². The average Bonchev–Trinajstić information content (AvgIpc) is 2.34. The van der Waals surface area contributed by atoms with Gasteiger partial charge in [0.25, 0.3) is 0 Å². The molecule has 0 aromatic rings. The van der Waals surface area contributed by atoms with Crippen LogP contribution in [0.2, 0.25) is 0 Å². The Balaban J connectivity index is 2.49. The highest BCUT2D eigenvalue weighted by Crippen LogP contribution is 1.99. The van der Waals surface area contributed by atoms with Gasteiger partial charge in [-0.25, -0.2) is 5.43 Å². The summed E-state index contributed by atoms with van der Waals surface area (Å²) in [5.74, 6) is 0. The van der Waals surface area contributed by atoms with Crippen molar-refractivity contribution < 1.29 is 4.79 Å². The molecule has 3 heteroatoms. The highest BCUT2D eigenvalue weighted by Gasteiger charge is 2.06.